The molecule has 25 heavy (non-hydrogen) atoms. The van der Waals surface area contributed by atoms with Crippen LogP contribution in [0.15, 0.2) is 18.2 Å². The third-order valence-corrected chi connectivity index (χ3v) is 9.54. The summed E-state index contributed by atoms with van der Waals surface area (Å²) in [4.78, 5) is 0. The quantitative estimate of drug-likeness (QED) is 0.657. The fraction of sp³-hybridized carbons (Fsp3) is 0.750. The van der Waals surface area contributed by atoms with Gasteiger partial charge in [-0.15, -0.1) is 0 Å². The largest absolute Gasteiger partial charge is 0.393 e. The first-order valence-corrected chi connectivity index (χ1v) is 10.7. The van der Waals surface area contributed by atoms with Crippen molar-refractivity contribution in [2.24, 2.45) is 22.7 Å². The number of rotatable bonds is 0. The molecule has 5 rings (SSSR count). The first kappa shape index (κ1) is 16.4. The van der Waals surface area contributed by atoms with Gasteiger partial charge in [-0.1, -0.05) is 37.6 Å². The van der Waals surface area contributed by atoms with Crippen LogP contribution in [0.4, 0.5) is 0 Å². The summed E-state index contributed by atoms with van der Waals surface area (Å²) < 4.78 is 0. The lowest BCUT2D eigenvalue weighted by atomic mass is 9.43. The van der Waals surface area contributed by atoms with Gasteiger partial charge in [0.05, 0.1) is 6.10 Å². The molecule has 3 unspecified atom stereocenters. The van der Waals surface area contributed by atoms with E-state index in [0.717, 1.165) is 24.7 Å². The third kappa shape index (κ3) is 2.00. The Kier molecular flexibility index (Phi) is 3.35. The highest BCUT2D eigenvalue weighted by Crippen LogP contribution is 2.72. The lowest BCUT2D eigenvalue weighted by Crippen LogP contribution is -2.56. The highest BCUT2D eigenvalue weighted by atomic mass is 16.3. The Morgan fingerprint density at radius 2 is 1.76 bits per heavy atom. The lowest BCUT2D eigenvalue weighted by molar-refractivity contribution is -0.116. The van der Waals surface area contributed by atoms with E-state index in [-0.39, 0.29) is 6.10 Å². The van der Waals surface area contributed by atoms with Gasteiger partial charge in [-0.25, -0.2) is 0 Å². The van der Waals surface area contributed by atoms with E-state index in [1.54, 1.807) is 11.1 Å². The maximum atomic E-state index is 10.6. The second-order valence-corrected chi connectivity index (χ2v) is 10.5. The zero-order valence-corrected chi connectivity index (χ0v) is 16.3. The highest BCUT2D eigenvalue weighted by Gasteiger charge is 2.65. The Bertz CT molecular complexity index is 708. The van der Waals surface area contributed by atoms with Crippen molar-refractivity contribution in [2.45, 2.75) is 90.1 Å². The van der Waals surface area contributed by atoms with Gasteiger partial charge < -0.3 is 5.11 Å². The first-order valence-electron chi connectivity index (χ1n) is 10.7. The molecule has 1 aromatic rings. The van der Waals surface area contributed by atoms with E-state index in [4.69, 9.17) is 0 Å². The fourth-order valence-electron chi connectivity index (χ4n) is 8.17. The van der Waals surface area contributed by atoms with Crippen molar-refractivity contribution in [3.05, 3.63) is 34.9 Å². The number of benzene rings is 1. The van der Waals surface area contributed by atoms with Gasteiger partial charge >= 0.3 is 0 Å². The highest BCUT2D eigenvalue weighted by molar-refractivity contribution is 5.41. The molecule has 1 spiro atoms. The van der Waals surface area contributed by atoms with Crippen molar-refractivity contribution in [3.8, 4) is 0 Å². The Morgan fingerprint density at radius 3 is 2.60 bits per heavy atom. The molecule has 6 atom stereocenters. The van der Waals surface area contributed by atoms with E-state index >= 15 is 0 Å². The molecule has 4 aliphatic rings. The van der Waals surface area contributed by atoms with Crippen LogP contribution >= 0.6 is 0 Å². The summed E-state index contributed by atoms with van der Waals surface area (Å²) in [6.07, 6.45) is 11.4. The van der Waals surface area contributed by atoms with E-state index in [9.17, 15) is 5.11 Å². The van der Waals surface area contributed by atoms with Gasteiger partial charge in [0.1, 0.15) is 0 Å². The first-order chi connectivity index (χ1) is 11.9. The number of hydrogen-bond donors (Lipinski definition) is 1. The average Bonchev–Trinajstić information content (AvgIpc) is 2.87. The smallest absolute Gasteiger partial charge is 0.0546 e. The molecule has 1 N–H and O–H groups in total. The average molecular weight is 339 g/mol. The maximum Gasteiger partial charge on any atom is 0.0546 e. The predicted molar refractivity (Wildman–Crippen MR) is 103 cm³/mol. The van der Waals surface area contributed by atoms with E-state index in [1.807, 2.05) is 0 Å². The van der Waals surface area contributed by atoms with Crippen LogP contribution in [0.3, 0.4) is 0 Å². The summed E-state index contributed by atoms with van der Waals surface area (Å²) in [7, 11) is 0. The molecule has 1 nitrogen and oxygen atoms in total. The van der Waals surface area contributed by atoms with E-state index in [2.05, 4.69) is 39.0 Å². The van der Waals surface area contributed by atoms with Crippen LogP contribution in [-0.4, -0.2) is 11.2 Å². The standard InChI is InChI=1S/C24H34O/c1-16-4-6-19-17(14-16)5-7-20-21-9-11-22(2)10-8-18(25)15-24(21,22)13-12-23(19,20)3/h4,6,14,18,20-21,25H,5,7-13,15H2,1-3H3/t18?,20?,21?,22-,23-,24+/m1/s1. The van der Waals surface area contributed by atoms with E-state index in [0.29, 0.717) is 16.2 Å². The number of aliphatic hydroxyl groups excluding tert-OH is 1. The summed E-state index contributed by atoms with van der Waals surface area (Å²) in [5.41, 5.74) is 5.98. The number of aliphatic hydroxyl groups is 1. The molecule has 136 valence electrons. The number of fused-ring (bicyclic) bond motifs is 4. The summed E-state index contributed by atoms with van der Waals surface area (Å²) in [6, 6.07) is 7.24. The summed E-state index contributed by atoms with van der Waals surface area (Å²) in [5.74, 6) is 1.66. The molecule has 4 aliphatic carbocycles. The van der Waals surface area contributed by atoms with Crippen LogP contribution in [0.5, 0.6) is 0 Å². The monoisotopic (exact) mass is 338 g/mol. The molecule has 1 heteroatoms. The lowest BCUT2D eigenvalue weighted by Gasteiger charge is -2.62. The summed E-state index contributed by atoms with van der Waals surface area (Å²) >= 11 is 0. The van der Waals surface area contributed by atoms with Crippen LogP contribution in [0, 0.1) is 29.6 Å². The summed E-state index contributed by atoms with van der Waals surface area (Å²) in [5, 5.41) is 10.6. The fourth-order valence-corrected chi connectivity index (χ4v) is 8.17. The number of aryl methyl sites for hydroxylation is 2. The van der Waals surface area contributed by atoms with Gasteiger partial charge in [0.2, 0.25) is 0 Å². The van der Waals surface area contributed by atoms with Gasteiger partial charge in [0, 0.05) is 0 Å². The predicted octanol–water partition coefficient (Wildman–Crippen LogP) is 5.56. The van der Waals surface area contributed by atoms with Gasteiger partial charge in [-0.2, -0.15) is 0 Å². The van der Waals surface area contributed by atoms with Crippen molar-refractivity contribution in [2.75, 3.05) is 0 Å². The Morgan fingerprint density at radius 1 is 0.960 bits per heavy atom. The van der Waals surface area contributed by atoms with Gasteiger partial charge in [0.25, 0.3) is 0 Å². The number of hydrogen-bond acceptors (Lipinski definition) is 1. The van der Waals surface area contributed by atoms with Crippen LogP contribution in [0.1, 0.15) is 81.9 Å². The minimum atomic E-state index is -0.0449. The second-order valence-electron chi connectivity index (χ2n) is 10.5. The molecule has 0 aromatic heterocycles. The molecule has 0 radical (unpaired) electrons. The molecule has 0 aliphatic heterocycles. The van der Waals surface area contributed by atoms with Crippen LogP contribution in [-0.2, 0) is 11.8 Å². The van der Waals surface area contributed by atoms with Crippen molar-refractivity contribution < 1.29 is 5.11 Å². The van der Waals surface area contributed by atoms with E-state index in [1.165, 1.54) is 50.5 Å². The molecule has 0 saturated heterocycles. The molecule has 0 bridgehead atoms. The van der Waals surface area contributed by atoms with Crippen LogP contribution < -0.4 is 0 Å². The third-order valence-electron chi connectivity index (χ3n) is 9.54. The van der Waals surface area contributed by atoms with Gasteiger partial charge in [-0.05, 0) is 104 Å². The van der Waals surface area contributed by atoms with Crippen LogP contribution in [0.25, 0.3) is 0 Å². The summed E-state index contributed by atoms with van der Waals surface area (Å²) in [6.45, 7) is 7.38. The molecule has 0 amide bonds. The molecular weight excluding hydrogens is 304 g/mol. The zero-order valence-electron chi connectivity index (χ0n) is 16.3. The van der Waals surface area contributed by atoms with Crippen molar-refractivity contribution in [1.82, 2.24) is 0 Å². The molecule has 3 saturated carbocycles. The normalized spacial score (nSPS) is 48.2. The van der Waals surface area contributed by atoms with Gasteiger partial charge in [-0.3, -0.25) is 0 Å². The topological polar surface area (TPSA) is 20.2 Å². The maximum absolute atomic E-state index is 10.6. The molecular formula is C24H34O. The molecule has 1 aromatic carbocycles. The SMILES string of the molecule is Cc1ccc2c(c1)CCC1C3CC[C@@]4(C)CCC(O)C[C@@]34CC[C@]21C. The Hall–Kier alpha value is -0.820. The van der Waals surface area contributed by atoms with Crippen molar-refractivity contribution in [1.29, 1.82) is 0 Å². The van der Waals surface area contributed by atoms with Gasteiger partial charge in [0.15, 0.2) is 0 Å². The Balaban J connectivity index is 1.58. The van der Waals surface area contributed by atoms with Crippen molar-refractivity contribution >= 4 is 0 Å². The minimum absolute atomic E-state index is 0.0449. The molecule has 0 heterocycles. The zero-order chi connectivity index (χ0) is 17.4. The van der Waals surface area contributed by atoms with Crippen molar-refractivity contribution in [3.63, 3.8) is 0 Å². The van der Waals surface area contributed by atoms with Crippen LogP contribution in [0.2, 0.25) is 0 Å². The van der Waals surface area contributed by atoms with E-state index < -0.39 is 0 Å². The Labute approximate surface area is 153 Å². The second kappa shape index (κ2) is 5.12. The minimum Gasteiger partial charge on any atom is -0.393 e. The molecule has 3 fully saturated rings.